The number of para-hydroxylation sites is 1. The molecule has 5 heterocycles. The molecule has 0 atom stereocenters. The van der Waals surface area contributed by atoms with Crippen molar-refractivity contribution in [1.82, 2.24) is 24.4 Å². The Labute approximate surface area is 328 Å². The summed E-state index contributed by atoms with van der Waals surface area (Å²) < 4.78 is 4.70. The Morgan fingerprint density at radius 2 is 1.12 bits per heavy atom. The van der Waals surface area contributed by atoms with Crippen molar-refractivity contribution < 1.29 is 0 Å². The molecule has 1 aliphatic heterocycles. The van der Waals surface area contributed by atoms with Gasteiger partial charge in [-0.1, -0.05) is 115 Å². The molecule has 10 aromatic rings. The molecule has 0 saturated heterocycles. The first-order valence-electron chi connectivity index (χ1n) is 19.6. The molecule has 2 aliphatic carbocycles. The van der Waals surface area contributed by atoms with Crippen LogP contribution in [0.5, 0.6) is 0 Å². The van der Waals surface area contributed by atoms with Crippen molar-refractivity contribution in [2.24, 2.45) is 0 Å². The smallest absolute Gasteiger partial charge is 0.146 e. The summed E-state index contributed by atoms with van der Waals surface area (Å²) in [6, 6.07) is 58.0. The lowest BCUT2D eigenvalue weighted by Gasteiger charge is -2.30. The summed E-state index contributed by atoms with van der Waals surface area (Å²) in [5, 5.41) is 6.94. The van der Waals surface area contributed by atoms with Crippen LogP contribution in [0.15, 0.2) is 176 Å². The Morgan fingerprint density at radius 1 is 0.526 bits per heavy atom. The van der Waals surface area contributed by atoms with Crippen LogP contribution >= 0.6 is 0 Å². The third-order valence-electron chi connectivity index (χ3n) is 12.7. The number of hydrogen-bond donors (Lipinski definition) is 1. The van der Waals surface area contributed by atoms with Crippen molar-refractivity contribution in [3.63, 3.8) is 0 Å². The quantitative estimate of drug-likeness (QED) is 0.197. The van der Waals surface area contributed by atoms with Crippen LogP contribution in [0.3, 0.4) is 0 Å². The van der Waals surface area contributed by atoms with E-state index < -0.39 is 5.41 Å². The van der Waals surface area contributed by atoms with Crippen LogP contribution in [-0.4, -0.2) is 19.1 Å². The fourth-order valence-corrected chi connectivity index (χ4v) is 10.4. The van der Waals surface area contributed by atoms with Crippen LogP contribution < -0.4 is 5.32 Å². The Balaban J connectivity index is 0.953. The second-order valence-electron chi connectivity index (χ2n) is 15.4. The minimum atomic E-state index is -0.431. The fraction of sp³-hybridized carbons (Fsp3) is 0.0385. The van der Waals surface area contributed by atoms with E-state index in [0.717, 1.165) is 34.8 Å². The fourth-order valence-electron chi connectivity index (χ4n) is 10.4. The molecule has 57 heavy (non-hydrogen) atoms. The van der Waals surface area contributed by atoms with Gasteiger partial charge in [0.1, 0.15) is 5.65 Å². The molecule has 0 saturated carbocycles. The van der Waals surface area contributed by atoms with Gasteiger partial charge < -0.3 is 9.88 Å². The number of benzene rings is 6. The molecule has 0 bridgehead atoms. The van der Waals surface area contributed by atoms with Crippen molar-refractivity contribution in [3.8, 4) is 44.9 Å². The third kappa shape index (κ3) is 3.97. The van der Waals surface area contributed by atoms with Gasteiger partial charge in [0.25, 0.3) is 0 Å². The van der Waals surface area contributed by atoms with Crippen molar-refractivity contribution in [2.75, 3.05) is 0 Å². The number of nitrogens with zero attached hydrogens (tertiary/aromatic N) is 4. The molecule has 5 nitrogen and oxygen atoms in total. The van der Waals surface area contributed by atoms with E-state index >= 15 is 0 Å². The monoisotopic (exact) mass is 727 g/mol. The van der Waals surface area contributed by atoms with Gasteiger partial charge in [-0.25, -0.2) is 4.98 Å². The van der Waals surface area contributed by atoms with Gasteiger partial charge in [0.15, 0.2) is 0 Å². The van der Waals surface area contributed by atoms with Gasteiger partial charge in [-0.2, -0.15) is 0 Å². The van der Waals surface area contributed by atoms with Crippen LogP contribution in [0.25, 0.3) is 83.8 Å². The number of pyridine rings is 2. The van der Waals surface area contributed by atoms with E-state index in [1.54, 1.807) is 0 Å². The first kappa shape index (κ1) is 30.8. The summed E-state index contributed by atoms with van der Waals surface area (Å²) in [5.74, 6) is 0. The summed E-state index contributed by atoms with van der Waals surface area (Å²) in [6.07, 6.45) is 8.02. The van der Waals surface area contributed by atoms with E-state index in [4.69, 9.17) is 4.98 Å². The van der Waals surface area contributed by atoms with E-state index in [1.165, 1.54) is 83.0 Å². The lowest BCUT2D eigenvalue weighted by Crippen LogP contribution is -2.25. The van der Waals surface area contributed by atoms with Crippen LogP contribution in [0, 0.1) is 0 Å². The van der Waals surface area contributed by atoms with Crippen LogP contribution in [0.4, 0.5) is 0 Å². The predicted molar refractivity (Wildman–Crippen MR) is 231 cm³/mol. The molecule has 1 spiro atoms. The molecule has 4 aromatic heterocycles. The van der Waals surface area contributed by atoms with Gasteiger partial charge >= 0.3 is 0 Å². The Hall–Kier alpha value is -7.50. The molecule has 0 unspecified atom stereocenters. The zero-order chi connectivity index (χ0) is 37.2. The molecule has 6 aromatic carbocycles. The molecule has 13 rings (SSSR count). The maximum absolute atomic E-state index is 5.69. The number of rotatable bonds is 3. The number of aromatic nitrogens is 4. The topological polar surface area (TPSA) is 47.7 Å². The lowest BCUT2D eigenvalue weighted by molar-refractivity contribution is 0.793. The highest BCUT2D eigenvalue weighted by Gasteiger charge is 2.52. The second kappa shape index (κ2) is 11.3. The molecule has 1 N–H and O–H groups in total. The molecule has 266 valence electrons. The molecule has 0 amide bonds. The molecule has 0 radical (unpaired) electrons. The summed E-state index contributed by atoms with van der Waals surface area (Å²) in [5.41, 5.74) is 20.0. The highest BCUT2D eigenvalue weighted by molar-refractivity contribution is 6.10. The van der Waals surface area contributed by atoms with Crippen LogP contribution in [-0.2, 0) is 12.0 Å². The minimum absolute atomic E-state index is 0.431. The average molecular weight is 728 g/mol. The number of fused-ring (bicyclic) bond motifs is 16. The molecular formula is C52H33N5. The Morgan fingerprint density at radius 3 is 1.84 bits per heavy atom. The largest absolute Gasteiger partial charge is 0.385 e. The van der Waals surface area contributed by atoms with Crippen molar-refractivity contribution in [1.29, 1.82) is 0 Å². The maximum Gasteiger partial charge on any atom is 0.146 e. The number of nitrogens with one attached hydrogen (secondary N) is 1. The van der Waals surface area contributed by atoms with Crippen LogP contribution in [0.2, 0.25) is 0 Å². The standard InChI is InChI=1S/C52H33N5/c1-5-13-43-36(9-1)37-10-2-6-14-44(37)52(43)45-15-7-3-12-40(45)50-46(52)29-41-38-11-4-8-16-47(38)57(51(41)55-50)35-23-19-33(20-24-35)32-17-21-34(22-18-32)56-48-26-28-53-30-42(48)39-25-27-54-31-49(39)56/h1-30,54H,31H2. The van der Waals surface area contributed by atoms with E-state index in [0.29, 0.717) is 0 Å². The van der Waals surface area contributed by atoms with Crippen molar-refractivity contribution >= 4 is 38.9 Å². The van der Waals surface area contributed by atoms with Gasteiger partial charge in [0, 0.05) is 51.1 Å². The van der Waals surface area contributed by atoms with E-state index in [-0.39, 0.29) is 0 Å². The molecule has 0 fully saturated rings. The zero-order valence-corrected chi connectivity index (χ0v) is 30.8. The summed E-state index contributed by atoms with van der Waals surface area (Å²) in [6.45, 7) is 0.777. The molecule has 5 heteroatoms. The summed E-state index contributed by atoms with van der Waals surface area (Å²) in [7, 11) is 0. The highest BCUT2D eigenvalue weighted by atomic mass is 15.1. The first-order valence-corrected chi connectivity index (χ1v) is 19.6. The summed E-state index contributed by atoms with van der Waals surface area (Å²) >= 11 is 0. The minimum Gasteiger partial charge on any atom is -0.385 e. The van der Waals surface area contributed by atoms with Gasteiger partial charge in [-0.3, -0.25) is 9.55 Å². The first-order chi connectivity index (χ1) is 28.3. The van der Waals surface area contributed by atoms with Crippen LogP contribution in [0.1, 0.15) is 33.5 Å². The van der Waals surface area contributed by atoms with E-state index in [9.17, 15) is 0 Å². The average Bonchev–Trinajstić information content (AvgIpc) is 3.98. The van der Waals surface area contributed by atoms with Gasteiger partial charge in [0.05, 0.1) is 34.4 Å². The van der Waals surface area contributed by atoms with Crippen molar-refractivity contribution in [3.05, 3.63) is 210 Å². The highest BCUT2D eigenvalue weighted by Crippen LogP contribution is 2.62. The van der Waals surface area contributed by atoms with E-state index in [2.05, 4.69) is 183 Å². The Kier molecular flexibility index (Phi) is 6.09. The van der Waals surface area contributed by atoms with Gasteiger partial charge in [-0.05, 0) is 99.2 Å². The third-order valence-corrected chi connectivity index (χ3v) is 12.7. The van der Waals surface area contributed by atoms with Gasteiger partial charge in [0.2, 0.25) is 0 Å². The summed E-state index contributed by atoms with van der Waals surface area (Å²) in [4.78, 5) is 10.1. The second-order valence-corrected chi connectivity index (χ2v) is 15.4. The maximum atomic E-state index is 5.69. The lowest BCUT2D eigenvalue weighted by atomic mass is 9.70. The zero-order valence-electron chi connectivity index (χ0n) is 30.8. The van der Waals surface area contributed by atoms with Gasteiger partial charge in [-0.15, -0.1) is 0 Å². The normalized spacial score (nSPS) is 14.1. The predicted octanol–water partition coefficient (Wildman–Crippen LogP) is 11.6. The molecular weight excluding hydrogens is 695 g/mol. The van der Waals surface area contributed by atoms with Crippen molar-refractivity contribution in [2.45, 2.75) is 12.0 Å². The van der Waals surface area contributed by atoms with E-state index in [1.807, 2.05) is 18.6 Å². The SMILES string of the molecule is C1=Cc2c(n(-c3ccc(-c4ccc(-n5c6ccccc6c6cc7c(nc65)-c5ccccc5C75c6ccccc6-c6ccccc65)cc4)cc3)c3ccncc23)CN1. The Bertz CT molecular complexity index is 3300. The number of hydrogen-bond acceptors (Lipinski definition) is 3. The molecule has 3 aliphatic rings.